The van der Waals surface area contributed by atoms with E-state index in [0.717, 1.165) is 10.9 Å². The Morgan fingerprint density at radius 3 is 2.94 bits per heavy atom. The van der Waals surface area contributed by atoms with Crippen molar-refractivity contribution in [2.45, 2.75) is 0 Å². The summed E-state index contributed by atoms with van der Waals surface area (Å²) in [6.07, 6.45) is 1.67. The molecule has 0 atom stereocenters. The van der Waals surface area contributed by atoms with E-state index in [0.29, 0.717) is 11.5 Å². The monoisotopic (exact) mass is 241 g/mol. The number of aromatic hydroxyl groups is 1. The highest BCUT2D eigenvalue weighted by molar-refractivity contribution is 5.79. The van der Waals surface area contributed by atoms with E-state index >= 15 is 0 Å². The molecule has 0 amide bonds. The number of hydrogen-bond acceptors (Lipinski definition) is 4. The molecule has 0 fully saturated rings. The summed E-state index contributed by atoms with van der Waals surface area (Å²) in [5.41, 5.74) is 0.679. The number of furan rings is 1. The van der Waals surface area contributed by atoms with Gasteiger partial charge < -0.3 is 14.1 Å². The molecule has 0 unspecified atom stereocenters. The largest absolute Gasteiger partial charge is 0.508 e. The van der Waals surface area contributed by atoms with Gasteiger partial charge in [0, 0.05) is 18.8 Å². The maximum atomic E-state index is 11.4. The molecule has 0 aliphatic heterocycles. The van der Waals surface area contributed by atoms with Crippen molar-refractivity contribution in [3.63, 3.8) is 0 Å². The number of hydrogen-bond donors (Lipinski definition) is 1. The Morgan fingerprint density at radius 2 is 2.17 bits per heavy atom. The fourth-order valence-electron chi connectivity index (χ4n) is 1.81. The quantitative estimate of drug-likeness (QED) is 0.706. The van der Waals surface area contributed by atoms with E-state index in [1.54, 1.807) is 37.5 Å². The molecule has 3 aromatic rings. The molecule has 0 aliphatic carbocycles. The Hall–Kier alpha value is -2.56. The van der Waals surface area contributed by atoms with Gasteiger partial charge in [-0.15, -0.1) is 0 Å². The van der Waals surface area contributed by atoms with Gasteiger partial charge in [0.25, 0.3) is 0 Å². The number of aryl methyl sites for hydroxylation is 1. The Bertz CT molecular complexity index is 786. The van der Waals surface area contributed by atoms with Crippen molar-refractivity contribution in [3.8, 4) is 17.1 Å². The van der Waals surface area contributed by atoms with Gasteiger partial charge in [-0.3, -0.25) is 0 Å². The molecule has 0 aliphatic rings. The fraction of sp³-hybridized carbons (Fsp3) is 0.0769. The summed E-state index contributed by atoms with van der Waals surface area (Å²) in [4.78, 5) is 15.2. The highest BCUT2D eigenvalue weighted by Crippen LogP contribution is 2.27. The SMILES string of the molecule is [11CH3]n1cc2cc(-c3cccc(O)c3)oc2nc1=O. The summed E-state index contributed by atoms with van der Waals surface area (Å²) in [5, 5.41) is 10.2. The number of benzene rings is 1. The van der Waals surface area contributed by atoms with Crippen molar-refractivity contribution in [3.05, 3.63) is 47.0 Å². The highest BCUT2D eigenvalue weighted by atomic mass is 16.3. The van der Waals surface area contributed by atoms with Crippen molar-refractivity contribution in [2.24, 2.45) is 7.05 Å². The number of nitrogens with zero attached hydrogens (tertiary/aromatic N) is 2. The van der Waals surface area contributed by atoms with Gasteiger partial charge in [0.1, 0.15) is 11.5 Å². The highest BCUT2D eigenvalue weighted by Gasteiger charge is 2.09. The molecule has 0 radical (unpaired) electrons. The minimum Gasteiger partial charge on any atom is -0.508 e. The molecule has 3 rings (SSSR count). The van der Waals surface area contributed by atoms with Gasteiger partial charge in [-0.05, 0) is 18.2 Å². The van der Waals surface area contributed by atoms with Gasteiger partial charge in [0.05, 0.1) is 5.39 Å². The van der Waals surface area contributed by atoms with Gasteiger partial charge >= 0.3 is 5.69 Å². The van der Waals surface area contributed by atoms with E-state index in [1.807, 2.05) is 6.07 Å². The van der Waals surface area contributed by atoms with Crippen LogP contribution in [0.25, 0.3) is 22.4 Å². The first-order valence-corrected chi connectivity index (χ1v) is 5.40. The lowest BCUT2D eigenvalue weighted by Gasteiger charge is -1.96. The molecule has 0 bridgehead atoms. The van der Waals surface area contributed by atoms with E-state index in [4.69, 9.17) is 4.42 Å². The number of aromatic nitrogens is 2. The third-order valence-corrected chi connectivity index (χ3v) is 2.70. The van der Waals surface area contributed by atoms with Crippen LogP contribution in [0.1, 0.15) is 0 Å². The van der Waals surface area contributed by atoms with Gasteiger partial charge in [-0.25, -0.2) is 4.79 Å². The smallest absolute Gasteiger partial charge is 0.350 e. The van der Waals surface area contributed by atoms with Crippen LogP contribution < -0.4 is 5.69 Å². The number of phenolic OH excluding ortho intramolecular Hbond substituents is 1. The average molecular weight is 241 g/mol. The molecule has 1 N–H and O–H groups in total. The van der Waals surface area contributed by atoms with Crippen LogP contribution in [0, 0.1) is 0 Å². The number of fused-ring (bicyclic) bond motifs is 1. The summed E-state index contributed by atoms with van der Waals surface area (Å²) in [6, 6.07) is 8.51. The third-order valence-electron chi connectivity index (χ3n) is 2.70. The second kappa shape index (κ2) is 3.73. The molecule has 90 valence electrons. The molecule has 0 saturated heterocycles. The predicted molar refractivity (Wildman–Crippen MR) is 66.4 cm³/mol. The van der Waals surface area contributed by atoms with Crippen molar-refractivity contribution in [2.75, 3.05) is 0 Å². The van der Waals surface area contributed by atoms with Crippen molar-refractivity contribution in [1.29, 1.82) is 0 Å². The number of phenols is 1. The molecule has 1 aromatic carbocycles. The first-order chi connectivity index (χ1) is 8.63. The second-order valence-electron chi connectivity index (χ2n) is 4.06. The van der Waals surface area contributed by atoms with Crippen LogP contribution in [-0.4, -0.2) is 14.7 Å². The van der Waals surface area contributed by atoms with Crippen LogP contribution in [-0.2, 0) is 7.05 Å². The maximum Gasteiger partial charge on any atom is 0.350 e. The van der Waals surface area contributed by atoms with Crippen molar-refractivity contribution >= 4 is 11.1 Å². The Kier molecular flexibility index (Phi) is 2.19. The fourth-order valence-corrected chi connectivity index (χ4v) is 1.81. The summed E-state index contributed by atoms with van der Waals surface area (Å²) >= 11 is 0. The zero-order valence-electron chi connectivity index (χ0n) is 9.62. The third kappa shape index (κ3) is 1.66. The summed E-state index contributed by atoms with van der Waals surface area (Å²) < 4.78 is 6.90. The van der Waals surface area contributed by atoms with Crippen LogP contribution >= 0.6 is 0 Å². The number of rotatable bonds is 1. The standard InChI is InChI=1S/C13H10N2O3/c1-15-7-9-6-11(18-12(9)14-13(15)17)8-3-2-4-10(16)5-8/h2-7,16H,1H3/i1-1. The second-order valence-corrected chi connectivity index (χ2v) is 4.06. The first kappa shape index (κ1) is 10.6. The first-order valence-electron chi connectivity index (χ1n) is 5.40. The van der Waals surface area contributed by atoms with Gasteiger partial charge in [0.15, 0.2) is 0 Å². The minimum absolute atomic E-state index is 0.163. The molecule has 5 nitrogen and oxygen atoms in total. The summed E-state index contributed by atoms with van der Waals surface area (Å²) in [6.45, 7) is 0. The van der Waals surface area contributed by atoms with E-state index in [1.165, 1.54) is 4.57 Å². The molecule has 2 heterocycles. The lowest BCUT2D eigenvalue weighted by atomic mass is 10.1. The molecule has 0 spiro atoms. The Labute approximate surface area is 102 Å². The van der Waals surface area contributed by atoms with Gasteiger partial charge in [0.2, 0.25) is 5.71 Å². The van der Waals surface area contributed by atoms with Gasteiger partial charge in [-0.2, -0.15) is 4.98 Å². The zero-order chi connectivity index (χ0) is 12.7. The van der Waals surface area contributed by atoms with Crippen LogP contribution in [0.3, 0.4) is 0 Å². The van der Waals surface area contributed by atoms with E-state index in [2.05, 4.69) is 4.98 Å². The normalized spacial score (nSPS) is 10.9. The topological polar surface area (TPSA) is 68.3 Å². The zero-order valence-corrected chi connectivity index (χ0v) is 9.62. The summed E-state index contributed by atoms with van der Waals surface area (Å²) in [5.74, 6) is 0.731. The van der Waals surface area contributed by atoms with E-state index in [-0.39, 0.29) is 11.4 Å². The van der Waals surface area contributed by atoms with Crippen molar-refractivity contribution in [1.82, 2.24) is 9.55 Å². The average Bonchev–Trinajstić information content (AvgIpc) is 2.73. The lowest BCUT2D eigenvalue weighted by Crippen LogP contribution is -2.18. The van der Waals surface area contributed by atoms with Crippen LogP contribution in [0.15, 0.2) is 45.7 Å². The Balaban J connectivity index is 2.22. The molecular formula is C13H10N2O3. The molecule has 18 heavy (non-hydrogen) atoms. The lowest BCUT2D eigenvalue weighted by molar-refractivity contribution is 0.475. The summed E-state index contributed by atoms with van der Waals surface area (Å²) in [7, 11) is 1.63. The van der Waals surface area contributed by atoms with E-state index in [9.17, 15) is 9.90 Å². The van der Waals surface area contributed by atoms with E-state index < -0.39 is 0 Å². The molecule has 0 saturated carbocycles. The van der Waals surface area contributed by atoms with Crippen LogP contribution in [0.5, 0.6) is 5.75 Å². The molecule has 5 heteroatoms. The van der Waals surface area contributed by atoms with Crippen molar-refractivity contribution < 1.29 is 9.52 Å². The van der Waals surface area contributed by atoms with Crippen LogP contribution in [0.4, 0.5) is 0 Å². The molecule has 2 aromatic heterocycles. The predicted octanol–water partition coefficient (Wildman–Crippen LogP) is 1.90. The van der Waals surface area contributed by atoms with Crippen LogP contribution in [0.2, 0.25) is 0 Å². The van der Waals surface area contributed by atoms with Gasteiger partial charge in [-0.1, -0.05) is 12.1 Å². The molecular weight excluding hydrogens is 231 g/mol. The maximum absolute atomic E-state index is 11.4. The Morgan fingerprint density at radius 1 is 1.33 bits per heavy atom. The minimum atomic E-state index is -0.362.